The highest BCUT2D eigenvalue weighted by atomic mass is 16.5. The van der Waals surface area contributed by atoms with Crippen molar-refractivity contribution < 1.29 is 23.7 Å². The van der Waals surface area contributed by atoms with Crippen LogP contribution in [0.1, 0.15) is 41.9 Å². The molecule has 1 aliphatic carbocycles. The number of aryl methyl sites for hydroxylation is 1. The number of carbonyl (C=O) groups excluding carboxylic acids is 1. The summed E-state index contributed by atoms with van der Waals surface area (Å²) in [7, 11) is 1.41. The van der Waals surface area contributed by atoms with Gasteiger partial charge < -0.3 is 18.9 Å². The molecule has 0 bridgehead atoms. The first kappa shape index (κ1) is 22.3. The highest BCUT2D eigenvalue weighted by Crippen LogP contribution is 2.38. The number of esters is 1. The Hall–Kier alpha value is -3.47. The molecule has 0 N–H and O–H groups in total. The van der Waals surface area contributed by atoms with E-state index in [0.29, 0.717) is 19.6 Å². The van der Waals surface area contributed by atoms with Crippen LogP contribution in [0.4, 0.5) is 0 Å². The third-order valence-corrected chi connectivity index (χ3v) is 6.53. The molecular weight excluding hydrogens is 428 g/mol. The molecular formula is C29H30O5. The molecule has 5 nitrogen and oxygen atoms in total. The first-order chi connectivity index (χ1) is 16.6. The number of ether oxygens (including phenoxy) is 4. The molecule has 3 aromatic rings. The molecule has 1 atom stereocenters. The fourth-order valence-electron chi connectivity index (χ4n) is 4.34. The van der Waals surface area contributed by atoms with Crippen LogP contribution in [0.15, 0.2) is 60.7 Å². The van der Waals surface area contributed by atoms with Gasteiger partial charge in [-0.05, 0) is 72.2 Å². The fraction of sp³-hybridized carbons (Fsp3) is 0.345. The number of rotatable bonds is 9. The van der Waals surface area contributed by atoms with Crippen LogP contribution in [0.25, 0.3) is 11.1 Å². The molecule has 0 spiro atoms. The zero-order valence-corrected chi connectivity index (χ0v) is 19.7. The van der Waals surface area contributed by atoms with Gasteiger partial charge >= 0.3 is 5.97 Å². The lowest BCUT2D eigenvalue weighted by Crippen LogP contribution is -2.09. The molecule has 1 saturated carbocycles. The van der Waals surface area contributed by atoms with Crippen molar-refractivity contribution in [3.8, 4) is 28.4 Å². The maximum atomic E-state index is 11.6. The van der Waals surface area contributed by atoms with E-state index in [0.717, 1.165) is 46.5 Å². The summed E-state index contributed by atoms with van der Waals surface area (Å²) in [6.07, 6.45) is 2.91. The van der Waals surface area contributed by atoms with Gasteiger partial charge in [-0.2, -0.15) is 0 Å². The minimum atomic E-state index is -0.225. The van der Waals surface area contributed by atoms with E-state index in [1.54, 1.807) is 0 Å². The SMILES string of the molecule is COC(=O)CC1COc2cc(OCc3cccc(-c4ccc(OCC5CC5)cc4C)c3)ccc21. The normalized spacial score (nSPS) is 16.5. The second-order valence-electron chi connectivity index (χ2n) is 9.21. The lowest BCUT2D eigenvalue weighted by atomic mass is 9.98. The molecule has 0 saturated heterocycles. The molecule has 0 radical (unpaired) electrons. The molecule has 176 valence electrons. The third-order valence-electron chi connectivity index (χ3n) is 6.53. The van der Waals surface area contributed by atoms with Crippen molar-refractivity contribution in [2.45, 2.75) is 38.7 Å². The van der Waals surface area contributed by atoms with Gasteiger partial charge in [-0.25, -0.2) is 0 Å². The maximum absolute atomic E-state index is 11.6. The number of fused-ring (bicyclic) bond motifs is 1. The summed E-state index contributed by atoms with van der Waals surface area (Å²) in [5, 5.41) is 0. The maximum Gasteiger partial charge on any atom is 0.306 e. The van der Waals surface area contributed by atoms with Crippen molar-refractivity contribution in [2.24, 2.45) is 5.92 Å². The van der Waals surface area contributed by atoms with E-state index in [1.807, 2.05) is 18.2 Å². The summed E-state index contributed by atoms with van der Waals surface area (Å²) >= 11 is 0. The fourth-order valence-corrected chi connectivity index (χ4v) is 4.34. The molecule has 0 amide bonds. The predicted octanol–water partition coefficient (Wildman–Crippen LogP) is 6.07. The number of benzene rings is 3. The molecule has 3 aromatic carbocycles. The Labute approximate surface area is 200 Å². The minimum absolute atomic E-state index is 0.0296. The first-order valence-corrected chi connectivity index (χ1v) is 11.9. The second kappa shape index (κ2) is 9.80. The summed E-state index contributed by atoms with van der Waals surface area (Å²) in [4.78, 5) is 11.6. The smallest absolute Gasteiger partial charge is 0.306 e. The standard InChI is InChI=1S/C29H30O5/c1-19-12-24(32-16-20-6-7-20)8-10-26(19)22-5-3-4-21(13-22)17-33-25-9-11-27-23(14-29(30)31-2)18-34-28(27)15-25/h3-5,8-13,15,20,23H,6-7,14,16-18H2,1-2H3. The lowest BCUT2D eigenvalue weighted by Gasteiger charge is -2.12. The van der Waals surface area contributed by atoms with Crippen LogP contribution in [-0.4, -0.2) is 26.3 Å². The highest BCUT2D eigenvalue weighted by Gasteiger charge is 2.27. The van der Waals surface area contributed by atoms with Gasteiger partial charge in [0.25, 0.3) is 0 Å². The van der Waals surface area contributed by atoms with Gasteiger partial charge in [0.1, 0.15) is 23.9 Å². The zero-order valence-electron chi connectivity index (χ0n) is 19.7. The van der Waals surface area contributed by atoms with Gasteiger partial charge in [0.2, 0.25) is 0 Å². The molecule has 2 aliphatic rings. The quantitative estimate of drug-likeness (QED) is 0.364. The summed E-state index contributed by atoms with van der Waals surface area (Å²) in [6.45, 7) is 3.89. The van der Waals surface area contributed by atoms with E-state index >= 15 is 0 Å². The molecule has 34 heavy (non-hydrogen) atoms. The van der Waals surface area contributed by atoms with E-state index in [9.17, 15) is 4.79 Å². The molecule has 0 aromatic heterocycles. The van der Waals surface area contributed by atoms with Crippen molar-refractivity contribution >= 4 is 5.97 Å². The average molecular weight is 459 g/mol. The Kier molecular flexibility index (Phi) is 6.43. The minimum Gasteiger partial charge on any atom is -0.493 e. The van der Waals surface area contributed by atoms with Gasteiger partial charge in [0.05, 0.1) is 26.7 Å². The molecule has 5 heteroatoms. The van der Waals surface area contributed by atoms with Crippen molar-refractivity contribution in [1.82, 2.24) is 0 Å². The van der Waals surface area contributed by atoms with Gasteiger partial charge in [-0.1, -0.05) is 30.3 Å². The number of hydrogen-bond acceptors (Lipinski definition) is 5. The zero-order chi connectivity index (χ0) is 23.5. The summed E-state index contributed by atoms with van der Waals surface area (Å²) < 4.78 is 22.6. The first-order valence-electron chi connectivity index (χ1n) is 11.9. The topological polar surface area (TPSA) is 54.0 Å². The Morgan fingerprint density at radius 1 is 1.00 bits per heavy atom. The van der Waals surface area contributed by atoms with Crippen LogP contribution in [0.3, 0.4) is 0 Å². The van der Waals surface area contributed by atoms with Crippen LogP contribution in [0, 0.1) is 12.8 Å². The monoisotopic (exact) mass is 458 g/mol. The van der Waals surface area contributed by atoms with E-state index < -0.39 is 0 Å². The highest BCUT2D eigenvalue weighted by molar-refractivity contribution is 5.71. The van der Waals surface area contributed by atoms with Crippen molar-refractivity contribution in [2.75, 3.05) is 20.3 Å². The molecule has 1 aliphatic heterocycles. The molecule has 1 heterocycles. The van der Waals surface area contributed by atoms with Crippen LogP contribution in [0.5, 0.6) is 17.2 Å². The Balaban J connectivity index is 1.23. The van der Waals surface area contributed by atoms with E-state index in [4.69, 9.17) is 18.9 Å². The van der Waals surface area contributed by atoms with Crippen LogP contribution in [-0.2, 0) is 16.1 Å². The van der Waals surface area contributed by atoms with Crippen LogP contribution < -0.4 is 14.2 Å². The number of hydrogen-bond donors (Lipinski definition) is 0. The molecule has 5 rings (SSSR count). The van der Waals surface area contributed by atoms with E-state index in [2.05, 4.69) is 49.4 Å². The average Bonchev–Trinajstić information content (AvgIpc) is 3.61. The van der Waals surface area contributed by atoms with Gasteiger partial charge in [-0.3, -0.25) is 4.79 Å². The third kappa shape index (κ3) is 5.19. The lowest BCUT2D eigenvalue weighted by molar-refractivity contribution is -0.141. The van der Waals surface area contributed by atoms with E-state index in [1.165, 1.54) is 31.1 Å². The molecule has 1 fully saturated rings. The summed E-state index contributed by atoms with van der Waals surface area (Å²) in [5.41, 5.74) is 5.68. The van der Waals surface area contributed by atoms with Gasteiger partial charge in [-0.15, -0.1) is 0 Å². The van der Waals surface area contributed by atoms with E-state index in [-0.39, 0.29) is 11.9 Å². The Morgan fingerprint density at radius 2 is 1.82 bits per heavy atom. The van der Waals surface area contributed by atoms with Crippen LogP contribution >= 0.6 is 0 Å². The van der Waals surface area contributed by atoms with Crippen molar-refractivity contribution in [3.05, 3.63) is 77.4 Å². The largest absolute Gasteiger partial charge is 0.493 e. The van der Waals surface area contributed by atoms with Crippen LogP contribution in [0.2, 0.25) is 0 Å². The number of methoxy groups -OCH3 is 1. The summed E-state index contributed by atoms with van der Waals surface area (Å²) in [5.74, 6) is 3.02. The second-order valence-corrected chi connectivity index (χ2v) is 9.21. The van der Waals surface area contributed by atoms with Gasteiger partial charge in [0, 0.05) is 17.5 Å². The van der Waals surface area contributed by atoms with Crippen molar-refractivity contribution in [3.63, 3.8) is 0 Å². The summed E-state index contributed by atoms with van der Waals surface area (Å²) in [6, 6.07) is 20.6. The number of carbonyl (C=O) groups is 1. The predicted molar refractivity (Wildman–Crippen MR) is 130 cm³/mol. The Bertz CT molecular complexity index is 1180. The van der Waals surface area contributed by atoms with Crippen molar-refractivity contribution in [1.29, 1.82) is 0 Å². The Morgan fingerprint density at radius 3 is 2.62 bits per heavy atom. The van der Waals surface area contributed by atoms with Gasteiger partial charge in [0.15, 0.2) is 0 Å². The molecule has 1 unspecified atom stereocenters.